The van der Waals surface area contributed by atoms with E-state index in [1.165, 1.54) is 19.2 Å². The molecule has 0 bridgehead atoms. The first-order chi connectivity index (χ1) is 9.55. The Balaban J connectivity index is 2.82. The van der Waals surface area contributed by atoms with E-state index in [0.717, 1.165) is 19.1 Å². The summed E-state index contributed by atoms with van der Waals surface area (Å²) in [6.07, 6.45) is -11.0. The van der Waals surface area contributed by atoms with Crippen LogP contribution in [0.15, 0.2) is 24.3 Å². The Labute approximate surface area is 118 Å². The van der Waals surface area contributed by atoms with Crippen LogP contribution in [0.5, 0.6) is 0 Å². The lowest BCUT2D eigenvalue weighted by Crippen LogP contribution is -2.32. The van der Waals surface area contributed by atoms with Crippen LogP contribution >= 0.6 is 0 Å². The predicted molar refractivity (Wildman–Crippen MR) is 64.7 cm³/mol. The predicted octanol–water partition coefficient (Wildman–Crippen LogP) is 3.93. The van der Waals surface area contributed by atoms with Gasteiger partial charge in [-0.15, -0.1) is 0 Å². The molecule has 0 amide bonds. The first-order valence-corrected chi connectivity index (χ1v) is 6.08. The third-order valence-electron chi connectivity index (χ3n) is 2.94. The number of rotatable bonds is 5. The minimum atomic E-state index is -4.51. The van der Waals surface area contributed by atoms with Gasteiger partial charge in [0.15, 0.2) is 6.10 Å². The molecule has 0 radical (unpaired) electrons. The molecule has 0 aromatic heterocycles. The van der Waals surface area contributed by atoms with E-state index >= 15 is 0 Å². The number of nitrogens with one attached hydrogen (secondary N) is 1. The monoisotopic (exact) mass is 315 g/mol. The van der Waals surface area contributed by atoms with Crippen molar-refractivity contribution in [1.82, 2.24) is 5.32 Å². The lowest BCUT2D eigenvalue weighted by atomic mass is 10.0. The minimum absolute atomic E-state index is 0.210. The quantitative estimate of drug-likeness (QED) is 0.831. The molecule has 1 rings (SSSR count). The van der Waals surface area contributed by atoms with Crippen molar-refractivity contribution in [3.63, 3.8) is 0 Å². The molecule has 0 heterocycles. The number of hydrogen-bond donors (Lipinski definition) is 1. The minimum Gasteiger partial charge on any atom is -0.367 e. The van der Waals surface area contributed by atoms with Crippen LogP contribution in [0, 0.1) is 0 Å². The highest BCUT2D eigenvalue weighted by atomic mass is 19.4. The molecule has 0 fully saturated rings. The first-order valence-electron chi connectivity index (χ1n) is 6.08. The van der Waals surface area contributed by atoms with Crippen LogP contribution in [0.25, 0.3) is 0 Å². The van der Waals surface area contributed by atoms with Gasteiger partial charge in [0.25, 0.3) is 0 Å². The van der Waals surface area contributed by atoms with Crippen molar-refractivity contribution in [3.05, 3.63) is 35.4 Å². The Morgan fingerprint density at radius 1 is 1.14 bits per heavy atom. The van der Waals surface area contributed by atoms with E-state index in [1.807, 2.05) is 0 Å². The van der Waals surface area contributed by atoms with Crippen LogP contribution < -0.4 is 5.32 Å². The molecule has 1 N–H and O–H groups in total. The average Bonchev–Trinajstić information content (AvgIpc) is 2.37. The van der Waals surface area contributed by atoms with E-state index in [-0.39, 0.29) is 5.56 Å². The second kappa shape index (κ2) is 6.65. The summed E-state index contributed by atoms with van der Waals surface area (Å²) in [7, 11) is 1.44. The zero-order valence-electron chi connectivity index (χ0n) is 11.3. The van der Waals surface area contributed by atoms with Gasteiger partial charge in [-0.3, -0.25) is 0 Å². The van der Waals surface area contributed by atoms with Crippen LogP contribution in [0.2, 0.25) is 0 Å². The van der Waals surface area contributed by atoms with E-state index in [2.05, 4.69) is 10.1 Å². The number of likely N-dealkylation sites (N-methyl/N-ethyl adjacent to an activating group) is 1. The van der Waals surface area contributed by atoms with Crippen LogP contribution in [0.4, 0.5) is 26.3 Å². The molecular formula is C13H15F6NO. The van der Waals surface area contributed by atoms with Gasteiger partial charge < -0.3 is 10.1 Å². The van der Waals surface area contributed by atoms with E-state index in [0.29, 0.717) is 0 Å². The molecule has 0 aliphatic rings. The van der Waals surface area contributed by atoms with Crippen LogP contribution in [-0.4, -0.2) is 25.9 Å². The fourth-order valence-corrected chi connectivity index (χ4v) is 1.61. The molecule has 120 valence electrons. The summed E-state index contributed by atoms with van der Waals surface area (Å²) in [5.41, 5.74) is -0.647. The Bertz CT molecular complexity index is 457. The smallest absolute Gasteiger partial charge is 0.367 e. The Kier molecular flexibility index (Phi) is 5.63. The largest absolute Gasteiger partial charge is 0.416 e. The van der Waals surface area contributed by atoms with Crippen LogP contribution in [-0.2, 0) is 10.9 Å². The fraction of sp³-hybridized carbons (Fsp3) is 0.538. The highest BCUT2D eigenvalue weighted by Gasteiger charge is 2.37. The van der Waals surface area contributed by atoms with Crippen molar-refractivity contribution < 1.29 is 31.1 Å². The molecule has 2 nitrogen and oxygen atoms in total. The Hall–Kier alpha value is -1.28. The van der Waals surface area contributed by atoms with Gasteiger partial charge in [0, 0.05) is 0 Å². The van der Waals surface area contributed by atoms with E-state index in [4.69, 9.17) is 0 Å². The van der Waals surface area contributed by atoms with Gasteiger partial charge in [-0.1, -0.05) is 12.1 Å². The fourth-order valence-electron chi connectivity index (χ4n) is 1.61. The zero-order chi connectivity index (χ0) is 16.3. The lowest BCUT2D eigenvalue weighted by molar-refractivity contribution is -0.215. The van der Waals surface area contributed by atoms with Gasteiger partial charge >= 0.3 is 12.4 Å². The second-order valence-electron chi connectivity index (χ2n) is 4.48. The normalized spacial score (nSPS) is 15.8. The summed E-state index contributed by atoms with van der Waals surface area (Å²) in [5, 5.41) is 2.64. The van der Waals surface area contributed by atoms with Crippen LogP contribution in [0.1, 0.15) is 24.1 Å². The van der Waals surface area contributed by atoms with Gasteiger partial charge in [-0.2, -0.15) is 26.3 Å². The number of benzene rings is 1. The molecule has 0 saturated carbocycles. The van der Waals surface area contributed by atoms with Crippen molar-refractivity contribution in [2.24, 2.45) is 0 Å². The third-order valence-corrected chi connectivity index (χ3v) is 2.94. The van der Waals surface area contributed by atoms with E-state index in [9.17, 15) is 26.3 Å². The maximum Gasteiger partial charge on any atom is 0.416 e. The van der Waals surface area contributed by atoms with Crippen molar-refractivity contribution in [1.29, 1.82) is 0 Å². The maximum atomic E-state index is 12.6. The molecule has 2 unspecified atom stereocenters. The standard InChI is InChI=1S/C13H15F6NO/c1-8(12(14,15)16)21-7-11(20-2)9-4-3-5-10(6-9)13(17,18)19/h3-6,8,11,20H,7H2,1-2H3. The van der Waals surface area contributed by atoms with Gasteiger partial charge in [0.2, 0.25) is 0 Å². The number of hydrogen-bond acceptors (Lipinski definition) is 2. The molecule has 21 heavy (non-hydrogen) atoms. The van der Waals surface area contributed by atoms with Crippen molar-refractivity contribution in [3.8, 4) is 0 Å². The molecule has 8 heteroatoms. The molecule has 1 aromatic rings. The van der Waals surface area contributed by atoms with Crippen molar-refractivity contribution in [2.45, 2.75) is 31.4 Å². The molecule has 0 aliphatic carbocycles. The van der Waals surface area contributed by atoms with Gasteiger partial charge in [-0.05, 0) is 31.7 Å². The maximum absolute atomic E-state index is 12.6. The summed E-state index contributed by atoms with van der Waals surface area (Å²) in [6, 6.07) is 3.63. The zero-order valence-corrected chi connectivity index (χ0v) is 11.3. The topological polar surface area (TPSA) is 21.3 Å². The molecule has 0 spiro atoms. The summed E-state index contributed by atoms with van der Waals surface area (Å²) in [5.74, 6) is 0. The third kappa shape index (κ3) is 5.20. The highest BCUT2D eigenvalue weighted by Crippen LogP contribution is 2.31. The molecule has 2 atom stereocenters. The molecular weight excluding hydrogens is 300 g/mol. The highest BCUT2D eigenvalue weighted by molar-refractivity contribution is 5.28. The van der Waals surface area contributed by atoms with Gasteiger partial charge in [-0.25, -0.2) is 0 Å². The summed E-state index contributed by atoms with van der Waals surface area (Å²) in [6.45, 7) is 0.456. The van der Waals surface area contributed by atoms with E-state index < -0.39 is 36.7 Å². The molecule has 0 saturated heterocycles. The molecule has 0 aliphatic heterocycles. The van der Waals surface area contributed by atoms with Gasteiger partial charge in [0.1, 0.15) is 0 Å². The average molecular weight is 315 g/mol. The lowest BCUT2D eigenvalue weighted by Gasteiger charge is -2.22. The van der Waals surface area contributed by atoms with Crippen molar-refractivity contribution in [2.75, 3.05) is 13.7 Å². The second-order valence-corrected chi connectivity index (χ2v) is 4.48. The summed E-state index contributed by atoms with van der Waals surface area (Å²) in [4.78, 5) is 0. The van der Waals surface area contributed by atoms with E-state index in [1.54, 1.807) is 0 Å². The Morgan fingerprint density at radius 3 is 2.24 bits per heavy atom. The summed E-state index contributed by atoms with van der Waals surface area (Å²) >= 11 is 0. The van der Waals surface area contributed by atoms with Crippen molar-refractivity contribution >= 4 is 0 Å². The number of ether oxygens (including phenoxy) is 1. The SMILES string of the molecule is CNC(COC(C)C(F)(F)F)c1cccc(C(F)(F)F)c1. The van der Waals surface area contributed by atoms with Crippen LogP contribution in [0.3, 0.4) is 0 Å². The summed E-state index contributed by atoms with van der Waals surface area (Å²) < 4.78 is 79.5. The number of halogens is 6. The van der Waals surface area contributed by atoms with Gasteiger partial charge in [0.05, 0.1) is 18.2 Å². The Morgan fingerprint density at radius 2 is 1.76 bits per heavy atom. The number of alkyl halides is 6. The first kappa shape index (κ1) is 17.8. The molecule has 1 aromatic carbocycles.